The fourth-order valence-corrected chi connectivity index (χ4v) is 3.24. The molecule has 2 aromatic heterocycles. The van der Waals surface area contributed by atoms with E-state index < -0.39 is 0 Å². The van der Waals surface area contributed by atoms with Crippen molar-refractivity contribution in [2.24, 2.45) is 0 Å². The molecule has 0 fully saturated rings. The Morgan fingerprint density at radius 2 is 2.33 bits per heavy atom. The van der Waals surface area contributed by atoms with Gasteiger partial charge in [-0.3, -0.25) is 0 Å². The Balaban J connectivity index is 1.97. The van der Waals surface area contributed by atoms with Crippen molar-refractivity contribution in [3.63, 3.8) is 0 Å². The largest absolute Gasteiger partial charge is 0.465 e. The number of aromatic nitrogens is 1. The Hall–Kier alpha value is -1.86. The smallest absolute Gasteiger partial charge is 0.134 e. The number of nitrogens with zero attached hydrogens (tertiary/aromatic N) is 2. The maximum atomic E-state index is 9.25. The van der Waals surface area contributed by atoms with Gasteiger partial charge in [0.15, 0.2) is 0 Å². The average Bonchev–Trinajstić information content (AvgIpc) is 3.04. The minimum Gasteiger partial charge on any atom is -0.465 e. The first-order valence-electron chi connectivity index (χ1n) is 6.01. The molecule has 0 saturated heterocycles. The van der Waals surface area contributed by atoms with E-state index in [1.807, 2.05) is 12.1 Å². The Morgan fingerprint density at radius 3 is 3.06 bits per heavy atom. The summed E-state index contributed by atoms with van der Waals surface area (Å²) >= 11 is 1.65. The van der Waals surface area contributed by atoms with Crippen LogP contribution in [0.2, 0.25) is 0 Å². The van der Waals surface area contributed by atoms with Crippen LogP contribution in [0.3, 0.4) is 0 Å². The molecule has 3 nitrogen and oxygen atoms in total. The van der Waals surface area contributed by atoms with Crippen molar-refractivity contribution >= 4 is 23.0 Å². The molecule has 4 heteroatoms. The first-order chi connectivity index (χ1) is 8.86. The lowest BCUT2D eigenvalue weighted by molar-refractivity contribution is 0.557. The summed E-state index contributed by atoms with van der Waals surface area (Å²) in [5.41, 5.74) is 1.77. The first kappa shape index (κ1) is 11.2. The van der Waals surface area contributed by atoms with Crippen LogP contribution in [-0.4, -0.2) is 4.98 Å². The molecule has 0 spiro atoms. The Kier molecular flexibility index (Phi) is 2.99. The summed E-state index contributed by atoms with van der Waals surface area (Å²) in [6, 6.07) is 5.87. The van der Waals surface area contributed by atoms with Crippen LogP contribution in [0.5, 0.6) is 0 Å². The van der Waals surface area contributed by atoms with Gasteiger partial charge in [0.1, 0.15) is 16.8 Å². The molecule has 0 bridgehead atoms. The lowest BCUT2D eigenvalue weighted by Gasteiger charge is -2.06. The zero-order chi connectivity index (χ0) is 12.4. The van der Waals surface area contributed by atoms with E-state index in [4.69, 9.17) is 4.42 Å². The summed E-state index contributed by atoms with van der Waals surface area (Å²) in [5.74, 6) is 0.694. The summed E-state index contributed by atoms with van der Waals surface area (Å²) in [6.45, 7) is 0. The lowest BCUT2D eigenvalue weighted by atomic mass is 10.0. The van der Waals surface area contributed by atoms with Crippen LogP contribution in [0.1, 0.15) is 34.2 Å². The van der Waals surface area contributed by atoms with Gasteiger partial charge in [-0.2, -0.15) is 5.26 Å². The van der Waals surface area contributed by atoms with E-state index in [-0.39, 0.29) is 0 Å². The highest BCUT2D eigenvalue weighted by Gasteiger charge is 2.17. The van der Waals surface area contributed by atoms with Gasteiger partial charge in [-0.15, -0.1) is 11.3 Å². The van der Waals surface area contributed by atoms with E-state index in [0.717, 1.165) is 17.8 Å². The molecule has 90 valence electrons. The summed E-state index contributed by atoms with van der Waals surface area (Å²) in [7, 11) is 0. The van der Waals surface area contributed by atoms with E-state index in [9.17, 15) is 5.26 Å². The van der Waals surface area contributed by atoms with Gasteiger partial charge in [0, 0.05) is 11.0 Å². The summed E-state index contributed by atoms with van der Waals surface area (Å²) in [5, 5.41) is 10.1. The molecule has 0 aliphatic heterocycles. The molecule has 1 aliphatic rings. The molecule has 2 aromatic rings. The second kappa shape index (κ2) is 4.79. The van der Waals surface area contributed by atoms with Crippen molar-refractivity contribution in [2.75, 3.05) is 0 Å². The second-order valence-corrected chi connectivity index (χ2v) is 5.36. The molecule has 0 unspecified atom stereocenters. The fraction of sp³-hybridized carbons (Fsp3) is 0.286. The van der Waals surface area contributed by atoms with Crippen LogP contribution in [0.4, 0.5) is 0 Å². The van der Waals surface area contributed by atoms with E-state index in [0.29, 0.717) is 11.3 Å². The van der Waals surface area contributed by atoms with E-state index in [1.165, 1.54) is 23.4 Å². The number of fused-ring (bicyclic) bond motifs is 1. The minimum atomic E-state index is 0.587. The van der Waals surface area contributed by atoms with Gasteiger partial charge >= 0.3 is 0 Å². The number of aryl methyl sites for hydroxylation is 2. The highest BCUT2D eigenvalue weighted by Crippen LogP contribution is 2.30. The SMILES string of the molecule is N#C/C(=C\c1ccco1)c1nc2c(s1)CCCC2. The molecule has 18 heavy (non-hydrogen) atoms. The van der Waals surface area contributed by atoms with E-state index in [2.05, 4.69) is 11.1 Å². The van der Waals surface area contributed by atoms with E-state index >= 15 is 0 Å². The molecule has 0 N–H and O–H groups in total. The normalized spacial score (nSPS) is 15.2. The topological polar surface area (TPSA) is 49.8 Å². The van der Waals surface area contributed by atoms with Crippen molar-refractivity contribution in [2.45, 2.75) is 25.7 Å². The number of allylic oxidation sites excluding steroid dienone is 1. The highest BCUT2D eigenvalue weighted by atomic mass is 32.1. The van der Waals surface area contributed by atoms with Gasteiger partial charge < -0.3 is 4.42 Å². The van der Waals surface area contributed by atoms with Crippen molar-refractivity contribution in [3.05, 3.63) is 39.7 Å². The monoisotopic (exact) mass is 256 g/mol. The zero-order valence-electron chi connectivity index (χ0n) is 9.85. The Bertz CT molecular complexity index is 593. The Labute approximate surface area is 109 Å². The van der Waals surface area contributed by atoms with Gasteiger partial charge in [-0.1, -0.05) is 0 Å². The van der Waals surface area contributed by atoms with Crippen molar-refractivity contribution in [1.29, 1.82) is 5.26 Å². The van der Waals surface area contributed by atoms with Gasteiger partial charge in [0.25, 0.3) is 0 Å². The molecule has 0 radical (unpaired) electrons. The van der Waals surface area contributed by atoms with Gasteiger partial charge in [-0.25, -0.2) is 4.98 Å². The third-order valence-corrected chi connectivity index (χ3v) is 4.22. The van der Waals surface area contributed by atoms with Crippen LogP contribution in [-0.2, 0) is 12.8 Å². The van der Waals surface area contributed by atoms with E-state index in [1.54, 1.807) is 23.7 Å². The van der Waals surface area contributed by atoms with Crippen molar-refractivity contribution < 1.29 is 4.42 Å². The summed E-state index contributed by atoms with van der Waals surface area (Å²) < 4.78 is 5.24. The first-order valence-corrected chi connectivity index (χ1v) is 6.83. The summed E-state index contributed by atoms with van der Waals surface area (Å²) in [6.07, 6.45) is 7.95. The number of hydrogen-bond acceptors (Lipinski definition) is 4. The third-order valence-electron chi connectivity index (χ3n) is 3.03. The van der Waals surface area contributed by atoms with Crippen LogP contribution in [0.25, 0.3) is 11.6 Å². The molecular formula is C14H12N2OS. The molecule has 3 rings (SSSR count). The van der Waals surface area contributed by atoms with Crippen LogP contribution in [0, 0.1) is 11.3 Å². The van der Waals surface area contributed by atoms with Gasteiger partial charge in [0.2, 0.25) is 0 Å². The van der Waals surface area contributed by atoms with Crippen LogP contribution < -0.4 is 0 Å². The number of rotatable bonds is 2. The molecule has 0 atom stereocenters. The third kappa shape index (κ3) is 2.09. The number of thiazole rings is 1. The zero-order valence-corrected chi connectivity index (χ0v) is 10.7. The molecule has 2 heterocycles. The second-order valence-electron chi connectivity index (χ2n) is 4.28. The molecule has 0 saturated carbocycles. The van der Waals surface area contributed by atoms with Crippen LogP contribution >= 0.6 is 11.3 Å². The number of hydrogen-bond donors (Lipinski definition) is 0. The van der Waals surface area contributed by atoms with Crippen molar-refractivity contribution in [1.82, 2.24) is 4.98 Å². The molecular weight excluding hydrogens is 244 g/mol. The Morgan fingerprint density at radius 1 is 1.44 bits per heavy atom. The highest BCUT2D eigenvalue weighted by molar-refractivity contribution is 7.13. The number of nitriles is 1. The predicted molar refractivity (Wildman–Crippen MR) is 70.9 cm³/mol. The molecule has 0 aromatic carbocycles. The van der Waals surface area contributed by atoms with Crippen LogP contribution in [0.15, 0.2) is 22.8 Å². The fourth-order valence-electron chi connectivity index (χ4n) is 2.12. The van der Waals surface area contributed by atoms with Gasteiger partial charge in [-0.05, 0) is 37.8 Å². The quantitative estimate of drug-likeness (QED) is 0.770. The van der Waals surface area contributed by atoms with Crippen molar-refractivity contribution in [3.8, 4) is 6.07 Å². The average molecular weight is 256 g/mol. The molecule has 0 amide bonds. The maximum Gasteiger partial charge on any atom is 0.134 e. The predicted octanol–water partition coefficient (Wildman–Crippen LogP) is 3.68. The standard InChI is InChI=1S/C14H12N2OS/c15-9-10(8-11-4-3-7-17-11)14-16-12-5-1-2-6-13(12)18-14/h3-4,7-8H,1-2,5-6H2/b10-8+. The minimum absolute atomic E-state index is 0.587. The lowest BCUT2D eigenvalue weighted by Crippen LogP contribution is -1.99. The summed E-state index contributed by atoms with van der Waals surface area (Å²) in [4.78, 5) is 5.93. The van der Waals surface area contributed by atoms with Gasteiger partial charge in [0.05, 0.1) is 17.5 Å². The molecule has 1 aliphatic carbocycles. The maximum absolute atomic E-state index is 9.25. The number of furan rings is 1.